The van der Waals surface area contributed by atoms with Crippen molar-refractivity contribution in [1.29, 1.82) is 5.26 Å². The normalized spacial score (nSPS) is 9.92. The Bertz CT molecular complexity index is 330. The van der Waals surface area contributed by atoms with Crippen molar-refractivity contribution in [2.75, 3.05) is 0 Å². The van der Waals surface area contributed by atoms with Gasteiger partial charge in [-0.3, -0.25) is 4.98 Å². The second kappa shape index (κ2) is 3.22. The van der Waals surface area contributed by atoms with Gasteiger partial charge in [0.05, 0.1) is 11.8 Å². The molecule has 0 saturated heterocycles. The van der Waals surface area contributed by atoms with Crippen molar-refractivity contribution in [3.63, 3.8) is 0 Å². The molecule has 1 rings (SSSR count). The van der Waals surface area contributed by atoms with Gasteiger partial charge in [0.25, 0.3) is 6.43 Å². The van der Waals surface area contributed by atoms with E-state index in [9.17, 15) is 13.2 Å². The molecule has 0 aromatic carbocycles. The van der Waals surface area contributed by atoms with Crippen LogP contribution in [-0.4, -0.2) is 4.98 Å². The summed E-state index contributed by atoms with van der Waals surface area (Å²) in [6.45, 7) is 0. The summed E-state index contributed by atoms with van der Waals surface area (Å²) in [6, 6.07) is 2.17. The van der Waals surface area contributed by atoms with Crippen LogP contribution in [0.2, 0.25) is 0 Å². The highest BCUT2D eigenvalue weighted by Crippen LogP contribution is 2.19. The molecule has 0 fully saturated rings. The van der Waals surface area contributed by atoms with Gasteiger partial charge in [-0.1, -0.05) is 0 Å². The smallest absolute Gasteiger partial charge is 0.251 e. The molecular weight excluding hydrogens is 169 g/mol. The van der Waals surface area contributed by atoms with E-state index in [4.69, 9.17) is 5.26 Å². The molecule has 2 nitrogen and oxygen atoms in total. The Kier molecular flexibility index (Phi) is 2.29. The van der Waals surface area contributed by atoms with Crippen molar-refractivity contribution in [2.45, 2.75) is 6.43 Å². The predicted molar refractivity (Wildman–Crippen MR) is 33.9 cm³/mol. The van der Waals surface area contributed by atoms with E-state index in [2.05, 4.69) is 4.98 Å². The van der Waals surface area contributed by atoms with Crippen LogP contribution in [0.3, 0.4) is 0 Å². The topological polar surface area (TPSA) is 36.7 Å². The lowest BCUT2D eigenvalue weighted by molar-refractivity contribution is 0.145. The molecule has 0 atom stereocenters. The quantitative estimate of drug-likeness (QED) is 0.649. The fourth-order valence-corrected chi connectivity index (χ4v) is 0.713. The fourth-order valence-electron chi connectivity index (χ4n) is 0.713. The van der Waals surface area contributed by atoms with Gasteiger partial charge in [0.1, 0.15) is 17.6 Å². The Hall–Kier alpha value is -1.57. The molecule has 0 spiro atoms. The lowest BCUT2D eigenvalue weighted by atomic mass is 10.2. The summed E-state index contributed by atoms with van der Waals surface area (Å²) < 4.78 is 36.4. The van der Waals surface area contributed by atoms with Crippen LogP contribution in [0.4, 0.5) is 13.2 Å². The highest BCUT2D eigenvalue weighted by molar-refractivity contribution is 5.33. The van der Waals surface area contributed by atoms with Gasteiger partial charge >= 0.3 is 0 Å². The van der Waals surface area contributed by atoms with Crippen LogP contribution in [0.15, 0.2) is 12.3 Å². The van der Waals surface area contributed by atoms with Crippen molar-refractivity contribution < 1.29 is 13.2 Å². The lowest BCUT2D eigenvalue weighted by Gasteiger charge is -1.99. The number of rotatable bonds is 1. The van der Waals surface area contributed by atoms with Crippen LogP contribution in [-0.2, 0) is 0 Å². The molecule has 0 aliphatic rings. The summed E-state index contributed by atoms with van der Waals surface area (Å²) in [5.41, 5.74) is -1.11. The number of halogens is 3. The summed E-state index contributed by atoms with van der Waals surface area (Å²) in [5.74, 6) is -0.795. The molecule has 0 bridgehead atoms. The van der Waals surface area contributed by atoms with E-state index in [0.717, 1.165) is 6.07 Å². The van der Waals surface area contributed by atoms with Gasteiger partial charge < -0.3 is 0 Å². The van der Waals surface area contributed by atoms with Crippen LogP contribution in [0.25, 0.3) is 0 Å². The Labute approximate surface area is 66.3 Å². The van der Waals surface area contributed by atoms with Gasteiger partial charge in [0.15, 0.2) is 0 Å². The second-order valence-electron chi connectivity index (χ2n) is 2.00. The minimum atomic E-state index is -2.85. The largest absolute Gasteiger partial charge is 0.281 e. The van der Waals surface area contributed by atoms with Crippen molar-refractivity contribution in [3.05, 3.63) is 29.3 Å². The number of hydrogen-bond acceptors (Lipinski definition) is 2. The minimum Gasteiger partial charge on any atom is -0.251 e. The minimum absolute atomic E-state index is 0.426. The van der Waals surface area contributed by atoms with Crippen LogP contribution in [0.1, 0.15) is 17.7 Å². The SMILES string of the molecule is N#Cc1cc(F)cnc1C(F)F. The molecule has 0 radical (unpaired) electrons. The molecule has 0 unspecified atom stereocenters. The van der Waals surface area contributed by atoms with Gasteiger partial charge in [-0.25, -0.2) is 13.2 Å². The van der Waals surface area contributed by atoms with Crippen LogP contribution >= 0.6 is 0 Å². The molecule has 0 saturated carbocycles. The summed E-state index contributed by atoms with van der Waals surface area (Å²) >= 11 is 0. The maximum absolute atomic E-state index is 12.3. The average Bonchev–Trinajstić information content (AvgIpc) is 2.03. The van der Waals surface area contributed by atoms with E-state index in [-0.39, 0.29) is 0 Å². The first-order valence-corrected chi connectivity index (χ1v) is 2.99. The van der Waals surface area contributed by atoms with Gasteiger partial charge in [-0.15, -0.1) is 0 Å². The summed E-state index contributed by atoms with van der Waals surface area (Å²) in [5, 5.41) is 8.30. The van der Waals surface area contributed by atoms with E-state index in [1.807, 2.05) is 0 Å². The van der Waals surface area contributed by atoms with E-state index >= 15 is 0 Å². The molecule has 1 aromatic heterocycles. The number of nitriles is 1. The van der Waals surface area contributed by atoms with E-state index in [0.29, 0.717) is 6.20 Å². The number of aromatic nitrogens is 1. The fraction of sp³-hybridized carbons (Fsp3) is 0.143. The molecule has 62 valence electrons. The number of alkyl halides is 2. The first-order chi connectivity index (χ1) is 5.65. The summed E-state index contributed by atoms with van der Waals surface area (Å²) in [7, 11) is 0. The van der Waals surface area contributed by atoms with Crippen molar-refractivity contribution >= 4 is 0 Å². The van der Waals surface area contributed by atoms with Crippen LogP contribution < -0.4 is 0 Å². The Morgan fingerprint density at radius 2 is 2.17 bits per heavy atom. The molecule has 0 amide bonds. The molecule has 1 aromatic rings. The van der Waals surface area contributed by atoms with Crippen molar-refractivity contribution in [1.82, 2.24) is 4.98 Å². The molecular formula is C7H3F3N2. The van der Waals surface area contributed by atoms with Crippen LogP contribution in [0, 0.1) is 17.1 Å². The third kappa shape index (κ3) is 1.53. The number of hydrogen-bond donors (Lipinski definition) is 0. The maximum atomic E-state index is 12.3. The van der Waals surface area contributed by atoms with E-state index in [1.54, 1.807) is 0 Å². The Balaban J connectivity index is 3.23. The summed E-state index contributed by atoms with van der Waals surface area (Å²) in [6.07, 6.45) is -2.19. The monoisotopic (exact) mass is 172 g/mol. The van der Waals surface area contributed by atoms with E-state index in [1.165, 1.54) is 6.07 Å². The first-order valence-electron chi connectivity index (χ1n) is 2.99. The Morgan fingerprint density at radius 1 is 1.50 bits per heavy atom. The highest BCUT2D eigenvalue weighted by Gasteiger charge is 2.14. The Morgan fingerprint density at radius 3 is 2.67 bits per heavy atom. The number of nitrogens with zero attached hydrogens (tertiary/aromatic N) is 2. The third-order valence-electron chi connectivity index (χ3n) is 1.21. The summed E-state index contributed by atoms with van der Waals surface area (Å²) in [4.78, 5) is 3.10. The van der Waals surface area contributed by atoms with Gasteiger partial charge in [0.2, 0.25) is 0 Å². The highest BCUT2D eigenvalue weighted by atomic mass is 19.3. The van der Waals surface area contributed by atoms with Crippen molar-refractivity contribution in [3.8, 4) is 6.07 Å². The maximum Gasteiger partial charge on any atom is 0.281 e. The zero-order valence-corrected chi connectivity index (χ0v) is 5.76. The predicted octanol–water partition coefficient (Wildman–Crippen LogP) is 2.03. The molecule has 0 N–H and O–H groups in total. The zero-order valence-electron chi connectivity index (χ0n) is 5.76. The van der Waals surface area contributed by atoms with Gasteiger partial charge in [-0.05, 0) is 6.07 Å². The third-order valence-corrected chi connectivity index (χ3v) is 1.21. The van der Waals surface area contributed by atoms with Crippen LogP contribution in [0.5, 0.6) is 0 Å². The first kappa shape index (κ1) is 8.53. The zero-order chi connectivity index (χ0) is 9.14. The van der Waals surface area contributed by atoms with Gasteiger partial charge in [-0.2, -0.15) is 5.26 Å². The average molecular weight is 172 g/mol. The lowest BCUT2D eigenvalue weighted by Crippen LogP contribution is -1.95. The molecule has 1 heterocycles. The molecule has 0 aliphatic heterocycles. The standard InChI is InChI=1S/C7H3F3N2/c8-5-1-4(2-11)6(7(9)10)12-3-5/h1,3,7H. The number of pyridine rings is 1. The molecule has 5 heteroatoms. The van der Waals surface area contributed by atoms with Crippen molar-refractivity contribution in [2.24, 2.45) is 0 Å². The second-order valence-corrected chi connectivity index (χ2v) is 2.00. The van der Waals surface area contributed by atoms with E-state index < -0.39 is 23.5 Å². The molecule has 0 aliphatic carbocycles. The molecule has 12 heavy (non-hydrogen) atoms. The van der Waals surface area contributed by atoms with Gasteiger partial charge in [0, 0.05) is 0 Å².